The van der Waals surface area contributed by atoms with Crippen LogP contribution < -0.4 is 0 Å². The maximum atomic E-state index is 5.85. The second-order valence-electron chi connectivity index (χ2n) is 3.01. The zero-order chi connectivity index (χ0) is 9.68. The van der Waals surface area contributed by atoms with Crippen molar-refractivity contribution in [3.8, 4) is 12.3 Å². The lowest BCUT2D eigenvalue weighted by Gasteiger charge is -2.12. The van der Waals surface area contributed by atoms with Crippen LogP contribution >= 0.6 is 11.6 Å². The van der Waals surface area contributed by atoms with Crippen molar-refractivity contribution in [2.24, 2.45) is 0 Å². The van der Waals surface area contributed by atoms with E-state index in [1.54, 1.807) is 0 Å². The van der Waals surface area contributed by atoms with Gasteiger partial charge in [-0.2, -0.15) is 0 Å². The molecule has 0 aliphatic carbocycles. The quantitative estimate of drug-likeness (QED) is 0.667. The van der Waals surface area contributed by atoms with E-state index in [9.17, 15) is 0 Å². The minimum Gasteiger partial charge on any atom is -0.291 e. The topological polar surface area (TPSA) is 3.24 Å². The van der Waals surface area contributed by atoms with Gasteiger partial charge in [-0.1, -0.05) is 29.7 Å². The molecule has 68 valence electrons. The second kappa shape index (κ2) is 4.91. The van der Waals surface area contributed by atoms with Crippen molar-refractivity contribution in [3.63, 3.8) is 0 Å². The fraction of sp³-hybridized carbons (Fsp3) is 0.273. The molecule has 0 unspecified atom stereocenters. The van der Waals surface area contributed by atoms with Crippen molar-refractivity contribution < 1.29 is 0 Å². The summed E-state index contributed by atoms with van der Waals surface area (Å²) in [6.07, 6.45) is 5.20. The van der Waals surface area contributed by atoms with Gasteiger partial charge in [0.2, 0.25) is 0 Å². The van der Waals surface area contributed by atoms with Crippen molar-refractivity contribution in [2.75, 3.05) is 13.6 Å². The molecule has 1 nitrogen and oxygen atoms in total. The molecule has 0 saturated carbocycles. The molecule has 2 heteroatoms. The van der Waals surface area contributed by atoms with E-state index in [2.05, 4.69) is 10.8 Å². The molecule has 0 aromatic heterocycles. The molecule has 13 heavy (non-hydrogen) atoms. The smallest absolute Gasteiger partial charge is 0.0599 e. The lowest BCUT2D eigenvalue weighted by atomic mass is 10.2. The van der Waals surface area contributed by atoms with E-state index < -0.39 is 0 Å². The van der Waals surface area contributed by atoms with Gasteiger partial charge in [0.1, 0.15) is 0 Å². The maximum absolute atomic E-state index is 5.85. The summed E-state index contributed by atoms with van der Waals surface area (Å²) in [4.78, 5) is 2.06. The Kier molecular flexibility index (Phi) is 3.82. The fourth-order valence-corrected chi connectivity index (χ4v) is 1.37. The summed E-state index contributed by atoms with van der Waals surface area (Å²) in [5.74, 6) is 2.60. The SMILES string of the molecule is C#CCN(C)Cc1cccc(Cl)c1. The molecule has 1 aromatic rings. The highest BCUT2D eigenvalue weighted by Gasteiger charge is 1.98. The Hall–Kier alpha value is -0.970. The molecule has 1 rings (SSSR count). The number of nitrogens with zero attached hydrogens (tertiary/aromatic N) is 1. The summed E-state index contributed by atoms with van der Waals surface area (Å²) in [6.45, 7) is 1.50. The molecule has 0 aliphatic rings. The minimum atomic E-state index is 0.659. The predicted molar refractivity (Wildman–Crippen MR) is 56.6 cm³/mol. The first kappa shape index (κ1) is 10.1. The van der Waals surface area contributed by atoms with E-state index in [4.69, 9.17) is 18.0 Å². The average Bonchev–Trinajstić information content (AvgIpc) is 2.04. The van der Waals surface area contributed by atoms with Crippen LogP contribution in [0.15, 0.2) is 24.3 Å². The summed E-state index contributed by atoms with van der Waals surface area (Å²) < 4.78 is 0. The van der Waals surface area contributed by atoms with Crippen molar-refractivity contribution in [2.45, 2.75) is 6.54 Å². The van der Waals surface area contributed by atoms with Crippen LogP contribution in [0.1, 0.15) is 5.56 Å². The van der Waals surface area contributed by atoms with Gasteiger partial charge in [0, 0.05) is 11.6 Å². The third-order valence-corrected chi connectivity index (χ3v) is 1.94. The molecule has 1 aromatic carbocycles. The Morgan fingerprint density at radius 3 is 2.92 bits per heavy atom. The molecule has 0 saturated heterocycles. The van der Waals surface area contributed by atoms with Gasteiger partial charge in [-0.25, -0.2) is 0 Å². The summed E-state index contributed by atoms with van der Waals surface area (Å²) in [7, 11) is 1.99. The second-order valence-corrected chi connectivity index (χ2v) is 3.44. The molecule has 0 bridgehead atoms. The molecule has 0 heterocycles. The van der Waals surface area contributed by atoms with Crippen molar-refractivity contribution >= 4 is 11.6 Å². The Morgan fingerprint density at radius 1 is 1.54 bits per heavy atom. The van der Waals surface area contributed by atoms with Crippen LogP contribution in [0.3, 0.4) is 0 Å². The van der Waals surface area contributed by atoms with Gasteiger partial charge in [0.25, 0.3) is 0 Å². The molecule has 0 spiro atoms. The molecule has 0 amide bonds. The number of benzene rings is 1. The Labute approximate surface area is 84.3 Å². The van der Waals surface area contributed by atoms with Gasteiger partial charge in [-0.3, -0.25) is 4.90 Å². The third kappa shape index (κ3) is 3.50. The number of terminal acetylenes is 1. The maximum Gasteiger partial charge on any atom is 0.0599 e. The molecule has 0 N–H and O–H groups in total. The summed E-state index contributed by atoms with van der Waals surface area (Å²) in [5.41, 5.74) is 1.19. The normalized spacial score (nSPS) is 10.0. The van der Waals surface area contributed by atoms with E-state index >= 15 is 0 Å². The van der Waals surface area contributed by atoms with Crippen molar-refractivity contribution in [1.29, 1.82) is 0 Å². The zero-order valence-electron chi connectivity index (χ0n) is 7.63. The molecule has 0 radical (unpaired) electrons. The van der Waals surface area contributed by atoms with Crippen molar-refractivity contribution in [3.05, 3.63) is 34.9 Å². The predicted octanol–water partition coefficient (Wildman–Crippen LogP) is 2.41. The van der Waals surface area contributed by atoms with E-state index in [1.165, 1.54) is 5.56 Å². The molecular formula is C11H12ClN. The monoisotopic (exact) mass is 193 g/mol. The minimum absolute atomic E-state index is 0.659. The van der Waals surface area contributed by atoms with Crippen LogP contribution in [-0.2, 0) is 6.54 Å². The van der Waals surface area contributed by atoms with E-state index in [0.717, 1.165) is 11.6 Å². The van der Waals surface area contributed by atoms with Crippen LogP contribution in [0.25, 0.3) is 0 Å². The highest BCUT2D eigenvalue weighted by Crippen LogP contribution is 2.11. The first-order valence-electron chi connectivity index (χ1n) is 4.09. The number of hydrogen-bond donors (Lipinski definition) is 0. The zero-order valence-corrected chi connectivity index (χ0v) is 8.38. The van der Waals surface area contributed by atoms with Crippen LogP contribution in [0.4, 0.5) is 0 Å². The van der Waals surface area contributed by atoms with Gasteiger partial charge < -0.3 is 0 Å². The lowest BCUT2D eigenvalue weighted by Crippen LogP contribution is -2.17. The van der Waals surface area contributed by atoms with Crippen LogP contribution in [0.5, 0.6) is 0 Å². The highest BCUT2D eigenvalue weighted by molar-refractivity contribution is 6.30. The van der Waals surface area contributed by atoms with Crippen LogP contribution in [-0.4, -0.2) is 18.5 Å². The number of halogens is 1. The van der Waals surface area contributed by atoms with Gasteiger partial charge in [0.15, 0.2) is 0 Å². The number of rotatable bonds is 3. The lowest BCUT2D eigenvalue weighted by molar-refractivity contribution is 0.369. The van der Waals surface area contributed by atoms with Gasteiger partial charge in [-0.15, -0.1) is 6.42 Å². The Balaban J connectivity index is 2.59. The van der Waals surface area contributed by atoms with E-state index in [0.29, 0.717) is 6.54 Å². The fourth-order valence-electron chi connectivity index (χ4n) is 1.16. The van der Waals surface area contributed by atoms with Gasteiger partial charge in [-0.05, 0) is 24.7 Å². The number of hydrogen-bond acceptors (Lipinski definition) is 1. The van der Waals surface area contributed by atoms with Crippen LogP contribution in [0, 0.1) is 12.3 Å². The van der Waals surface area contributed by atoms with Gasteiger partial charge >= 0.3 is 0 Å². The molecular weight excluding hydrogens is 182 g/mol. The first-order valence-corrected chi connectivity index (χ1v) is 4.46. The Morgan fingerprint density at radius 2 is 2.31 bits per heavy atom. The highest BCUT2D eigenvalue weighted by atomic mass is 35.5. The van der Waals surface area contributed by atoms with Gasteiger partial charge in [0.05, 0.1) is 6.54 Å². The third-order valence-electron chi connectivity index (χ3n) is 1.70. The Bertz CT molecular complexity index is 314. The molecule has 0 fully saturated rings. The van der Waals surface area contributed by atoms with E-state index in [1.807, 2.05) is 31.3 Å². The summed E-state index contributed by atoms with van der Waals surface area (Å²) >= 11 is 5.85. The standard InChI is InChI=1S/C11H12ClN/c1-3-7-13(2)9-10-5-4-6-11(12)8-10/h1,4-6,8H,7,9H2,2H3. The molecule has 0 aliphatic heterocycles. The largest absolute Gasteiger partial charge is 0.291 e. The van der Waals surface area contributed by atoms with E-state index in [-0.39, 0.29) is 0 Å². The first-order chi connectivity index (χ1) is 6.22. The summed E-state index contributed by atoms with van der Waals surface area (Å²) in [5, 5.41) is 0.770. The average molecular weight is 194 g/mol. The molecule has 0 atom stereocenters. The van der Waals surface area contributed by atoms with Crippen LogP contribution in [0.2, 0.25) is 5.02 Å². The summed E-state index contributed by atoms with van der Waals surface area (Å²) in [6, 6.07) is 7.81. The van der Waals surface area contributed by atoms with Crippen molar-refractivity contribution in [1.82, 2.24) is 4.90 Å².